The van der Waals surface area contributed by atoms with E-state index in [9.17, 15) is 22.8 Å². The van der Waals surface area contributed by atoms with E-state index >= 15 is 0 Å². The predicted molar refractivity (Wildman–Crippen MR) is 188 cm³/mol. The first-order chi connectivity index (χ1) is 24.1. The molecule has 0 saturated heterocycles. The molecule has 0 amide bonds. The van der Waals surface area contributed by atoms with Crippen LogP contribution in [0, 0.1) is 13.8 Å². The van der Waals surface area contributed by atoms with Crippen molar-refractivity contribution >= 4 is 16.0 Å². The van der Waals surface area contributed by atoms with E-state index in [4.69, 9.17) is 14.2 Å². The smallest absolute Gasteiger partial charge is 0.333 e. The zero-order chi connectivity index (χ0) is 35.7. The normalized spacial score (nSPS) is 12.1. The largest absolute Gasteiger partial charge is 0.460 e. The van der Waals surface area contributed by atoms with Crippen molar-refractivity contribution in [1.82, 2.24) is 13.4 Å². The van der Waals surface area contributed by atoms with Crippen LogP contribution in [-0.4, -0.2) is 40.9 Å². The van der Waals surface area contributed by atoms with Gasteiger partial charge in [-0.15, -0.1) is 0 Å². The minimum absolute atomic E-state index is 0.0810. The Morgan fingerprint density at radius 3 is 1.88 bits per heavy atom. The van der Waals surface area contributed by atoms with Crippen LogP contribution < -0.4 is 16.0 Å². The molecule has 260 valence electrons. The summed E-state index contributed by atoms with van der Waals surface area (Å²) in [7, 11) is -2.98. The van der Waals surface area contributed by atoms with Crippen LogP contribution in [0.3, 0.4) is 0 Å². The van der Waals surface area contributed by atoms with Crippen LogP contribution in [-0.2, 0) is 50.8 Å². The van der Waals surface area contributed by atoms with E-state index in [0.717, 1.165) is 14.4 Å². The number of benzene rings is 4. The first kappa shape index (κ1) is 36.0. The Bertz CT molecular complexity index is 2120. The van der Waals surface area contributed by atoms with Crippen LogP contribution in [0.4, 0.5) is 0 Å². The summed E-state index contributed by atoms with van der Waals surface area (Å²) in [4.78, 5) is 40.5. The van der Waals surface area contributed by atoms with Crippen LogP contribution in [0.1, 0.15) is 28.8 Å². The third-order valence-electron chi connectivity index (χ3n) is 8.35. The van der Waals surface area contributed by atoms with Gasteiger partial charge in [-0.05, 0) is 67.8 Å². The lowest BCUT2D eigenvalue weighted by molar-refractivity contribution is -0.149. The van der Waals surface area contributed by atoms with Gasteiger partial charge < -0.3 is 14.2 Å². The molecule has 0 spiro atoms. The second-order valence-corrected chi connectivity index (χ2v) is 13.6. The molecule has 50 heavy (non-hydrogen) atoms. The van der Waals surface area contributed by atoms with Crippen molar-refractivity contribution in [2.24, 2.45) is 0 Å². The number of nitrogens with zero attached hydrogens (tertiary/aromatic N) is 3. The van der Waals surface area contributed by atoms with Gasteiger partial charge in [-0.25, -0.2) is 13.2 Å². The third kappa shape index (κ3) is 8.64. The molecule has 4 aromatic carbocycles. The van der Waals surface area contributed by atoms with Crippen molar-refractivity contribution in [3.63, 3.8) is 0 Å². The molecule has 12 heteroatoms. The minimum atomic E-state index is -4.26. The summed E-state index contributed by atoms with van der Waals surface area (Å²) >= 11 is 0. The van der Waals surface area contributed by atoms with Gasteiger partial charge in [0.1, 0.15) is 30.9 Å². The van der Waals surface area contributed by atoms with Gasteiger partial charge in [0.2, 0.25) is 10.0 Å². The Hall–Kier alpha value is -5.30. The number of carbonyl (C=O) groups excluding carboxylic acids is 1. The van der Waals surface area contributed by atoms with E-state index in [1.54, 1.807) is 50.2 Å². The fraction of sp³-hybridized carbons (Fsp3) is 0.237. The lowest BCUT2D eigenvalue weighted by Gasteiger charge is -2.26. The van der Waals surface area contributed by atoms with Gasteiger partial charge in [0.25, 0.3) is 5.56 Å². The number of sulfonamides is 1. The summed E-state index contributed by atoms with van der Waals surface area (Å²) in [5, 5.41) is 0. The summed E-state index contributed by atoms with van der Waals surface area (Å²) in [6.07, 6.45) is -0.221. The second-order valence-electron chi connectivity index (χ2n) is 11.6. The molecule has 0 radical (unpaired) electrons. The maximum Gasteiger partial charge on any atom is 0.333 e. The summed E-state index contributed by atoms with van der Waals surface area (Å²) in [5.74, 6) is 0.187. The van der Waals surface area contributed by atoms with E-state index in [1.165, 1.54) is 35.9 Å². The fourth-order valence-electron chi connectivity index (χ4n) is 5.28. The predicted octanol–water partition coefficient (Wildman–Crippen LogP) is 5.42. The molecular weight excluding hydrogens is 658 g/mol. The molecule has 0 N–H and O–H groups in total. The number of esters is 1. The van der Waals surface area contributed by atoms with E-state index < -0.39 is 33.3 Å². The summed E-state index contributed by atoms with van der Waals surface area (Å²) in [6.45, 7) is 3.06. The first-order valence-electron chi connectivity index (χ1n) is 16.0. The average molecular weight is 698 g/mol. The van der Waals surface area contributed by atoms with E-state index in [2.05, 4.69) is 0 Å². The lowest BCUT2D eigenvalue weighted by atomic mass is 10.2. The van der Waals surface area contributed by atoms with Crippen molar-refractivity contribution in [1.29, 1.82) is 0 Å². The molecule has 0 fully saturated rings. The number of ether oxygens (including phenoxy) is 3. The number of likely N-dealkylation sites (N-methyl/N-ethyl adjacent to an activating group) is 1. The molecule has 1 unspecified atom stereocenters. The fourth-order valence-corrected chi connectivity index (χ4v) is 6.62. The zero-order valence-corrected chi connectivity index (χ0v) is 28.9. The number of rotatable bonds is 15. The number of carbonyl (C=O) groups is 1. The summed E-state index contributed by atoms with van der Waals surface area (Å²) in [6, 6.07) is 31.9. The molecule has 0 saturated carbocycles. The standard InChI is InChI=1S/C38H39N3O8S/c1-28-29(2)41(27-47-25-30-13-7-4-8-14-30)38(44)40(36(28)42)24-23-35(37(43)48-26-31-15-9-5-10-16-31)39(3)50(45,46)34-21-19-33(20-22-34)49-32-17-11-6-12-18-32/h4-22,35H,23-27H2,1-3H3. The van der Waals surface area contributed by atoms with Crippen molar-refractivity contribution in [2.45, 2.75) is 57.7 Å². The highest BCUT2D eigenvalue weighted by Crippen LogP contribution is 2.25. The monoisotopic (exact) mass is 697 g/mol. The molecule has 0 aliphatic carbocycles. The highest BCUT2D eigenvalue weighted by molar-refractivity contribution is 7.89. The molecular formula is C38H39N3O8S. The molecule has 1 aromatic heterocycles. The van der Waals surface area contributed by atoms with Crippen LogP contribution in [0.25, 0.3) is 0 Å². The van der Waals surface area contributed by atoms with Crippen LogP contribution in [0.2, 0.25) is 0 Å². The maximum absolute atomic E-state index is 13.9. The average Bonchev–Trinajstić information content (AvgIpc) is 3.14. The summed E-state index contributed by atoms with van der Waals surface area (Å²) < 4.78 is 48.2. The Labute approximate surface area is 291 Å². The number of aromatic nitrogens is 2. The van der Waals surface area contributed by atoms with Gasteiger partial charge in [0.05, 0.1) is 11.5 Å². The molecule has 0 aliphatic heterocycles. The van der Waals surface area contributed by atoms with E-state index in [0.29, 0.717) is 28.3 Å². The molecule has 5 rings (SSSR count). The Kier molecular flexibility index (Phi) is 11.8. The number of hydrogen-bond acceptors (Lipinski definition) is 8. The molecule has 0 aliphatic rings. The van der Waals surface area contributed by atoms with Gasteiger partial charge in [0.15, 0.2) is 0 Å². The molecule has 1 atom stereocenters. The topological polar surface area (TPSA) is 126 Å². The van der Waals surface area contributed by atoms with Crippen molar-refractivity contribution in [3.8, 4) is 11.5 Å². The zero-order valence-electron chi connectivity index (χ0n) is 28.1. The van der Waals surface area contributed by atoms with Crippen LogP contribution >= 0.6 is 0 Å². The summed E-state index contributed by atoms with van der Waals surface area (Å²) in [5.41, 5.74) is 1.23. The highest BCUT2D eigenvalue weighted by Gasteiger charge is 2.34. The van der Waals surface area contributed by atoms with E-state index in [-0.39, 0.29) is 37.8 Å². The maximum atomic E-state index is 13.9. The van der Waals surface area contributed by atoms with Crippen LogP contribution in [0.15, 0.2) is 130 Å². The third-order valence-corrected chi connectivity index (χ3v) is 10.2. The van der Waals surface area contributed by atoms with Gasteiger partial charge in [0, 0.05) is 24.8 Å². The Balaban J connectivity index is 1.39. The van der Waals surface area contributed by atoms with Gasteiger partial charge in [-0.2, -0.15) is 4.31 Å². The van der Waals surface area contributed by atoms with Gasteiger partial charge in [-0.3, -0.25) is 18.7 Å². The second kappa shape index (κ2) is 16.4. The van der Waals surface area contributed by atoms with E-state index in [1.807, 2.05) is 54.6 Å². The highest BCUT2D eigenvalue weighted by atomic mass is 32.2. The number of para-hydroxylation sites is 1. The molecule has 1 heterocycles. The number of hydrogen-bond donors (Lipinski definition) is 0. The molecule has 0 bridgehead atoms. The molecule has 11 nitrogen and oxygen atoms in total. The van der Waals surface area contributed by atoms with Gasteiger partial charge >= 0.3 is 11.7 Å². The molecule has 5 aromatic rings. The van der Waals surface area contributed by atoms with Crippen molar-refractivity contribution in [3.05, 3.63) is 158 Å². The van der Waals surface area contributed by atoms with Crippen molar-refractivity contribution < 1.29 is 27.4 Å². The van der Waals surface area contributed by atoms with Gasteiger partial charge in [-0.1, -0.05) is 78.9 Å². The minimum Gasteiger partial charge on any atom is -0.460 e. The lowest BCUT2D eigenvalue weighted by Crippen LogP contribution is -2.47. The van der Waals surface area contributed by atoms with Crippen LogP contribution in [0.5, 0.6) is 11.5 Å². The Morgan fingerprint density at radius 2 is 1.28 bits per heavy atom. The first-order valence-corrected chi connectivity index (χ1v) is 17.4. The Morgan fingerprint density at radius 1 is 0.740 bits per heavy atom. The SMILES string of the molecule is Cc1c(C)n(COCc2ccccc2)c(=O)n(CCC(C(=O)OCc2ccccc2)N(C)S(=O)(=O)c2ccc(Oc3ccccc3)cc2)c1=O. The van der Waals surface area contributed by atoms with Crippen molar-refractivity contribution in [2.75, 3.05) is 7.05 Å². The quantitative estimate of drug-likeness (QED) is 0.133.